The maximum absolute atomic E-state index is 12.9. The zero-order valence-electron chi connectivity index (χ0n) is 9.81. The summed E-state index contributed by atoms with van der Waals surface area (Å²) in [5.41, 5.74) is 2.97. The van der Waals surface area contributed by atoms with Gasteiger partial charge in [0, 0.05) is 11.0 Å². The maximum Gasteiger partial charge on any atom is 0.124 e. The molecule has 0 bridgehead atoms. The fourth-order valence-corrected chi connectivity index (χ4v) is 2.41. The molecule has 1 nitrogen and oxygen atoms in total. The van der Waals surface area contributed by atoms with E-state index in [1.54, 1.807) is 6.07 Å². The van der Waals surface area contributed by atoms with E-state index in [9.17, 15) is 4.39 Å². The highest BCUT2D eigenvalue weighted by Crippen LogP contribution is 2.25. The molecule has 0 aliphatic carbocycles. The van der Waals surface area contributed by atoms with E-state index in [1.165, 1.54) is 12.1 Å². The summed E-state index contributed by atoms with van der Waals surface area (Å²) in [6.07, 6.45) is 0. The van der Waals surface area contributed by atoms with Gasteiger partial charge in [-0.25, -0.2) is 4.39 Å². The molecule has 0 radical (unpaired) electrons. The molecule has 4 heteroatoms. The predicted molar refractivity (Wildman–Crippen MR) is 77.6 cm³/mol. The number of halogens is 3. The molecule has 0 amide bonds. The first-order chi connectivity index (χ1) is 8.56. The van der Waals surface area contributed by atoms with Crippen LogP contribution in [-0.2, 0) is 6.54 Å². The van der Waals surface area contributed by atoms with Crippen LogP contribution >= 0.6 is 27.5 Å². The number of benzene rings is 2. The van der Waals surface area contributed by atoms with Gasteiger partial charge in [0.15, 0.2) is 0 Å². The van der Waals surface area contributed by atoms with Crippen molar-refractivity contribution in [2.45, 2.75) is 13.5 Å². The summed E-state index contributed by atoms with van der Waals surface area (Å²) in [5, 5.41) is 3.92. The third-order valence-electron chi connectivity index (χ3n) is 2.61. The Morgan fingerprint density at radius 1 is 1.22 bits per heavy atom. The van der Waals surface area contributed by atoms with Crippen molar-refractivity contribution >= 4 is 33.2 Å². The number of rotatable bonds is 3. The van der Waals surface area contributed by atoms with Crippen LogP contribution in [0.25, 0.3) is 0 Å². The van der Waals surface area contributed by atoms with Crippen molar-refractivity contribution in [2.75, 3.05) is 5.32 Å². The van der Waals surface area contributed by atoms with Gasteiger partial charge in [-0.3, -0.25) is 0 Å². The number of nitrogens with one attached hydrogen (secondary N) is 1. The molecule has 0 fully saturated rings. The van der Waals surface area contributed by atoms with Crippen LogP contribution in [0.15, 0.2) is 40.9 Å². The first-order valence-electron chi connectivity index (χ1n) is 5.50. The second-order valence-electron chi connectivity index (χ2n) is 4.07. The second kappa shape index (κ2) is 5.72. The number of hydrogen-bond donors (Lipinski definition) is 1. The molecule has 2 rings (SSSR count). The van der Waals surface area contributed by atoms with Crippen LogP contribution in [-0.4, -0.2) is 0 Å². The summed E-state index contributed by atoms with van der Waals surface area (Å²) in [4.78, 5) is 0. The van der Waals surface area contributed by atoms with Gasteiger partial charge < -0.3 is 5.32 Å². The van der Waals surface area contributed by atoms with Crippen molar-refractivity contribution < 1.29 is 4.39 Å². The summed E-state index contributed by atoms with van der Waals surface area (Å²) in [6, 6.07) is 10.5. The normalized spacial score (nSPS) is 10.4. The largest absolute Gasteiger partial charge is 0.380 e. The van der Waals surface area contributed by atoms with Crippen molar-refractivity contribution in [1.82, 2.24) is 0 Å². The average molecular weight is 329 g/mol. The zero-order valence-corrected chi connectivity index (χ0v) is 12.1. The van der Waals surface area contributed by atoms with E-state index in [2.05, 4.69) is 21.2 Å². The monoisotopic (exact) mass is 327 g/mol. The lowest BCUT2D eigenvalue weighted by Gasteiger charge is -2.10. The molecule has 0 unspecified atom stereocenters. The van der Waals surface area contributed by atoms with Crippen LogP contribution in [0.4, 0.5) is 10.1 Å². The van der Waals surface area contributed by atoms with Crippen molar-refractivity contribution in [3.8, 4) is 0 Å². The first kappa shape index (κ1) is 13.4. The fraction of sp³-hybridized carbons (Fsp3) is 0.143. The molecule has 0 aliphatic rings. The molecule has 0 saturated heterocycles. The quantitative estimate of drug-likeness (QED) is 0.820. The zero-order chi connectivity index (χ0) is 13.1. The third-order valence-corrected chi connectivity index (χ3v) is 3.66. The molecule has 0 aliphatic heterocycles. The first-order valence-corrected chi connectivity index (χ1v) is 6.67. The highest BCUT2D eigenvalue weighted by Gasteiger charge is 2.03. The van der Waals surface area contributed by atoms with Crippen LogP contribution in [0.1, 0.15) is 11.1 Å². The molecule has 0 spiro atoms. The Bertz CT molecular complexity index is 520. The van der Waals surface area contributed by atoms with Gasteiger partial charge in [0.1, 0.15) is 5.82 Å². The van der Waals surface area contributed by atoms with E-state index >= 15 is 0 Å². The summed E-state index contributed by atoms with van der Waals surface area (Å²) in [5.74, 6) is -0.251. The van der Waals surface area contributed by atoms with E-state index in [0.29, 0.717) is 11.6 Å². The Hall–Kier alpha value is -1.06. The van der Waals surface area contributed by atoms with Gasteiger partial charge in [0.2, 0.25) is 0 Å². The minimum atomic E-state index is -0.251. The highest BCUT2D eigenvalue weighted by molar-refractivity contribution is 9.10. The summed E-state index contributed by atoms with van der Waals surface area (Å²) < 4.78 is 13.7. The van der Waals surface area contributed by atoms with Crippen LogP contribution in [0.3, 0.4) is 0 Å². The molecule has 2 aromatic carbocycles. The molecule has 0 saturated carbocycles. The fourth-order valence-electron chi connectivity index (χ4n) is 1.62. The lowest BCUT2D eigenvalue weighted by Crippen LogP contribution is -2.01. The molecule has 2 aromatic rings. The molecule has 1 N–H and O–H groups in total. The summed E-state index contributed by atoms with van der Waals surface area (Å²) in [7, 11) is 0. The van der Waals surface area contributed by atoms with Crippen LogP contribution < -0.4 is 5.32 Å². The SMILES string of the molecule is Cc1ccc(NCc2ccc(F)cc2Br)c(Cl)c1. The predicted octanol–water partition coefficient (Wildman–Crippen LogP) is 5.16. The Kier molecular flexibility index (Phi) is 4.25. The van der Waals surface area contributed by atoms with E-state index < -0.39 is 0 Å². The molecule has 0 atom stereocenters. The lowest BCUT2D eigenvalue weighted by atomic mass is 10.2. The molecule has 94 valence electrons. The topological polar surface area (TPSA) is 12.0 Å². The molecular formula is C14H12BrClFN. The Balaban J connectivity index is 2.11. The van der Waals surface area contributed by atoms with Crippen LogP contribution in [0, 0.1) is 12.7 Å². The van der Waals surface area contributed by atoms with Crippen molar-refractivity contribution in [1.29, 1.82) is 0 Å². The van der Waals surface area contributed by atoms with Gasteiger partial charge in [-0.05, 0) is 42.3 Å². The summed E-state index contributed by atoms with van der Waals surface area (Å²) in [6.45, 7) is 2.58. The van der Waals surface area contributed by atoms with E-state index in [0.717, 1.165) is 21.3 Å². The van der Waals surface area contributed by atoms with E-state index in [-0.39, 0.29) is 5.82 Å². The number of anilines is 1. The van der Waals surface area contributed by atoms with E-state index in [4.69, 9.17) is 11.6 Å². The van der Waals surface area contributed by atoms with Gasteiger partial charge in [-0.1, -0.05) is 39.7 Å². The Morgan fingerprint density at radius 3 is 2.67 bits per heavy atom. The Labute approximate surface area is 119 Å². The standard InChI is InChI=1S/C14H12BrClFN/c1-9-2-5-14(13(16)6-9)18-8-10-3-4-11(17)7-12(10)15/h2-7,18H,8H2,1H3. The van der Waals surface area contributed by atoms with Gasteiger partial charge >= 0.3 is 0 Å². The van der Waals surface area contributed by atoms with Crippen LogP contribution in [0.2, 0.25) is 5.02 Å². The van der Waals surface area contributed by atoms with Gasteiger partial charge in [-0.2, -0.15) is 0 Å². The second-order valence-corrected chi connectivity index (χ2v) is 5.33. The van der Waals surface area contributed by atoms with E-state index in [1.807, 2.05) is 25.1 Å². The van der Waals surface area contributed by atoms with Gasteiger partial charge in [-0.15, -0.1) is 0 Å². The molecular weight excluding hydrogens is 317 g/mol. The molecule has 0 heterocycles. The minimum absolute atomic E-state index is 0.251. The van der Waals surface area contributed by atoms with Gasteiger partial charge in [0.05, 0.1) is 10.7 Å². The smallest absolute Gasteiger partial charge is 0.124 e. The average Bonchev–Trinajstić information content (AvgIpc) is 2.30. The number of aryl methyl sites for hydroxylation is 1. The Morgan fingerprint density at radius 2 is 2.00 bits per heavy atom. The summed E-state index contributed by atoms with van der Waals surface area (Å²) >= 11 is 9.46. The van der Waals surface area contributed by atoms with Gasteiger partial charge in [0.25, 0.3) is 0 Å². The van der Waals surface area contributed by atoms with Crippen molar-refractivity contribution in [3.63, 3.8) is 0 Å². The van der Waals surface area contributed by atoms with Crippen molar-refractivity contribution in [2.24, 2.45) is 0 Å². The highest BCUT2D eigenvalue weighted by atomic mass is 79.9. The van der Waals surface area contributed by atoms with Crippen LogP contribution in [0.5, 0.6) is 0 Å². The number of hydrogen-bond acceptors (Lipinski definition) is 1. The third kappa shape index (κ3) is 3.24. The molecule has 18 heavy (non-hydrogen) atoms. The maximum atomic E-state index is 12.9. The van der Waals surface area contributed by atoms with Crippen molar-refractivity contribution in [3.05, 3.63) is 62.8 Å². The lowest BCUT2D eigenvalue weighted by molar-refractivity contribution is 0.626. The molecule has 0 aromatic heterocycles. The minimum Gasteiger partial charge on any atom is -0.380 e.